The minimum Gasteiger partial charge on any atom is -0.462 e. The van der Waals surface area contributed by atoms with E-state index in [1.807, 2.05) is 0 Å². The number of amides is 2. The van der Waals surface area contributed by atoms with Crippen LogP contribution in [-0.4, -0.2) is 170 Å². The highest BCUT2D eigenvalue weighted by atomic mass is 31.2. The smallest absolute Gasteiger partial charge is 0.326 e. The van der Waals surface area contributed by atoms with E-state index < -0.39 is 174 Å². The molecule has 364 valence electrons. The van der Waals surface area contributed by atoms with Gasteiger partial charge in [-0.25, -0.2) is 0 Å². The Hall–Kier alpha value is -3.35. The zero-order chi connectivity index (χ0) is 47.6. The van der Waals surface area contributed by atoms with E-state index in [9.17, 15) is 68.7 Å². The molecule has 63 heavy (non-hydrogen) atoms. The van der Waals surface area contributed by atoms with Gasteiger partial charge in [0.25, 0.3) is 0 Å². The lowest BCUT2D eigenvalue weighted by atomic mass is 9.88. The predicted molar refractivity (Wildman–Crippen MR) is 215 cm³/mol. The van der Waals surface area contributed by atoms with E-state index in [1.54, 1.807) is 34.6 Å². The van der Waals surface area contributed by atoms with E-state index in [2.05, 4.69) is 10.6 Å². The van der Waals surface area contributed by atoms with E-state index in [-0.39, 0.29) is 38.5 Å². The molecule has 2 fully saturated rings. The molecule has 24 heteroatoms. The van der Waals surface area contributed by atoms with Crippen LogP contribution in [0, 0.1) is 5.92 Å². The van der Waals surface area contributed by atoms with Crippen LogP contribution in [0.4, 0.5) is 0 Å². The zero-order valence-corrected chi connectivity index (χ0v) is 37.5. The van der Waals surface area contributed by atoms with Gasteiger partial charge in [-0.3, -0.25) is 33.3 Å². The van der Waals surface area contributed by atoms with Crippen molar-refractivity contribution in [2.75, 3.05) is 19.4 Å². The summed E-state index contributed by atoms with van der Waals surface area (Å²) in [6, 6.07) is -3.29. The largest absolute Gasteiger partial charge is 0.462 e. The van der Waals surface area contributed by atoms with Gasteiger partial charge in [0.15, 0.2) is 18.7 Å². The van der Waals surface area contributed by atoms with Crippen molar-refractivity contribution in [1.82, 2.24) is 10.6 Å². The van der Waals surface area contributed by atoms with Crippen LogP contribution >= 0.6 is 7.60 Å². The molecule has 0 aromatic carbocycles. The number of rotatable bonds is 26. The van der Waals surface area contributed by atoms with Crippen molar-refractivity contribution in [3.05, 3.63) is 0 Å². The highest BCUT2D eigenvalue weighted by Gasteiger charge is 2.53. The molecule has 2 aliphatic heterocycles. The standard InChI is InChI=1S/C39H67N2O21P/c1-7-20(43)13-27(45)40-33-37(62-31(49)14-21(44)8-2)35(51)26(59-38(33)52)18-56-39-34(41-28(46)15-22(9-3)57-29(47)11-5)36(24(19-63(53,54)55)25(17-42)60-39)61-32(50)16-23(10-4)58-30(48)12-6/h20-26,33-39,42-44,51-52H,7-19H2,1-6H3,(H,40,45)(H,41,46)(H2,53,54,55)/t20-,21-,22-,23-,24-,25?,26?,33?,34?,35-,36+,37-,38?,39-/m1/s1. The molecule has 0 aromatic rings. The molecule has 2 rings (SSSR count). The highest BCUT2D eigenvalue weighted by Crippen LogP contribution is 2.43. The Morgan fingerprint density at radius 1 is 0.651 bits per heavy atom. The summed E-state index contributed by atoms with van der Waals surface area (Å²) in [5, 5.41) is 58.1. The fourth-order valence-corrected chi connectivity index (χ4v) is 7.72. The van der Waals surface area contributed by atoms with E-state index in [4.69, 9.17) is 33.2 Å². The van der Waals surface area contributed by atoms with Crippen molar-refractivity contribution in [3.8, 4) is 0 Å². The molecule has 0 saturated carbocycles. The molecule has 0 bridgehead atoms. The first-order valence-corrected chi connectivity index (χ1v) is 23.1. The van der Waals surface area contributed by atoms with Crippen molar-refractivity contribution in [1.29, 1.82) is 0 Å². The topological polar surface area (TPSA) is 350 Å². The molecule has 0 aliphatic carbocycles. The molecule has 2 saturated heterocycles. The molecule has 2 aliphatic rings. The van der Waals surface area contributed by atoms with Crippen molar-refractivity contribution in [2.24, 2.45) is 5.92 Å². The summed E-state index contributed by atoms with van der Waals surface area (Å²) in [5.74, 6) is -6.46. The van der Waals surface area contributed by atoms with Crippen LogP contribution in [0.3, 0.4) is 0 Å². The molecule has 14 atom stereocenters. The molecule has 0 aromatic heterocycles. The van der Waals surface area contributed by atoms with Gasteiger partial charge in [0.05, 0.1) is 63.4 Å². The maximum Gasteiger partial charge on any atom is 0.326 e. The van der Waals surface area contributed by atoms with Gasteiger partial charge < -0.3 is 79.1 Å². The maximum atomic E-state index is 13.7. The summed E-state index contributed by atoms with van der Waals surface area (Å²) < 4.78 is 51.9. The third-order valence-electron chi connectivity index (χ3n) is 10.4. The minimum absolute atomic E-state index is 0.00108. The van der Waals surface area contributed by atoms with E-state index in [1.165, 1.54) is 6.92 Å². The SMILES string of the molecule is CCC(=O)O[C@H](CC)CC(=O)NC1[C@H](OCC2OC(O)C(NC(=O)C[C@H](O)CC)[C@@H](OC(=O)C[C@H](O)CC)[C@@H]2O)OC(CO)[C@@H](CP(=O)(O)O)[C@@H]1OC(=O)C[C@@H](CC)OC(=O)CC. The summed E-state index contributed by atoms with van der Waals surface area (Å²) in [4.78, 5) is 97.2. The Kier molecular flexibility index (Phi) is 24.1. The number of aliphatic hydroxyl groups excluding tert-OH is 5. The average molecular weight is 931 g/mol. The molecule has 5 unspecified atom stereocenters. The normalized spacial score (nSPS) is 28.1. The van der Waals surface area contributed by atoms with E-state index in [0.717, 1.165) is 0 Å². The molecule has 23 nitrogen and oxygen atoms in total. The summed E-state index contributed by atoms with van der Waals surface area (Å²) in [7, 11) is -5.00. The minimum atomic E-state index is -5.00. The number of hydrogen-bond acceptors (Lipinski definition) is 19. The number of carbonyl (C=O) groups excluding carboxylic acids is 6. The number of esters is 4. The van der Waals surface area contributed by atoms with Gasteiger partial charge in [-0.15, -0.1) is 0 Å². The van der Waals surface area contributed by atoms with Crippen LogP contribution in [0.2, 0.25) is 0 Å². The molecular formula is C39H67N2O21P. The number of carbonyl (C=O) groups is 6. The van der Waals surface area contributed by atoms with Gasteiger partial charge >= 0.3 is 31.5 Å². The summed E-state index contributed by atoms with van der Waals surface area (Å²) >= 11 is 0. The first kappa shape index (κ1) is 55.8. The van der Waals surface area contributed by atoms with Gasteiger partial charge in [0.2, 0.25) is 11.8 Å². The van der Waals surface area contributed by atoms with Gasteiger partial charge in [-0.1, -0.05) is 41.5 Å². The number of nitrogens with one attached hydrogen (secondary N) is 2. The van der Waals surface area contributed by atoms with Crippen LogP contribution < -0.4 is 10.6 Å². The summed E-state index contributed by atoms with van der Waals surface area (Å²) in [5.41, 5.74) is 0. The molecule has 0 radical (unpaired) electrons. The van der Waals surface area contributed by atoms with Gasteiger partial charge in [0, 0.05) is 18.8 Å². The fourth-order valence-electron chi connectivity index (χ4n) is 6.73. The maximum absolute atomic E-state index is 13.7. The second-order valence-electron chi connectivity index (χ2n) is 15.4. The molecule has 2 amide bonds. The monoisotopic (exact) mass is 930 g/mol. The lowest BCUT2D eigenvalue weighted by molar-refractivity contribution is -0.293. The lowest BCUT2D eigenvalue weighted by Crippen LogP contribution is -2.67. The van der Waals surface area contributed by atoms with Crippen LogP contribution in [0.15, 0.2) is 0 Å². The van der Waals surface area contributed by atoms with Crippen LogP contribution in [-0.2, 0) is 66.5 Å². The summed E-state index contributed by atoms with van der Waals surface area (Å²) in [6.45, 7) is 7.84. The summed E-state index contributed by atoms with van der Waals surface area (Å²) in [6.07, 6.45) is -18.8. The Balaban J connectivity index is 2.59. The molecule has 2 heterocycles. The Labute approximate surface area is 365 Å². The second-order valence-corrected chi connectivity index (χ2v) is 17.1. The second kappa shape index (κ2) is 27.2. The van der Waals surface area contributed by atoms with Crippen molar-refractivity contribution < 1.29 is 102 Å². The Bertz CT molecular complexity index is 1530. The number of ether oxygens (including phenoxy) is 7. The average Bonchev–Trinajstić information content (AvgIpc) is 3.22. The van der Waals surface area contributed by atoms with Gasteiger partial charge in [-0.2, -0.15) is 0 Å². The molecule has 0 spiro atoms. The first-order valence-electron chi connectivity index (χ1n) is 21.3. The number of hydrogen-bond donors (Lipinski definition) is 9. The number of aliphatic hydroxyl groups is 5. The third-order valence-corrected chi connectivity index (χ3v) is 11.3. The quantitative estimate of drug-likeness (QED) is 0.0284. The fraction of sp³-hybridized carbons (Fsp3) is 0.846. The van der Waals surface area contributed by atoms with Crippen molar-refractivity contribution in [2.45, 2.75) is 185 Å². The zero-order valence-electron chi connectivity index (χ0n) is 36.6. The van der Waals surface area contributed by atoms with Crippen LogP contribution in [0.5, 0.6) is 0 Å². The van der Waals surface area contributed by atoms with E-state index >= 15 is 0 Å². The van der Waals surface area contributed by atoms with Crippen LogP contribution in [0.1, 0.15) is 106 Å². The lowest BCUT2D eigenvalue weighted by Gasteiger charge is -2.47. The van der Waals surface area contributed by atoms with Gasteiger partial charge in [0.1, 0.15) is 42.6 Å². The third kappa shape index (κ3) is 18.6. The Morgan fingerprint density at radius 2 is 1.16 bits per heavy atom. The molecule has 9 N–H and O–H groups in total. The predicted octanol–water partition coefficient (Wildman–Crippen LogP) is -1.05. The van der Waals surface area contributed by atoms with E-state index in [0.29, 0.717) is 0 Å². The Morgan fingerprint density at radius 3 is 1.68 bits per heavy atom. The first-order chi connectivity index (χ1) is 29.6. The van der Waals surface area contributed by atoms with Crippen LogP contribution in [0.25, 0.3) is 0 Å². The van der Waals surface area contributed by atoms with Crippen molar-refractivity contribution in [3.63, 3.8) is 0 Å². The highest BCUT2D eigenvalue weighted by molar-refractivity contribution is 7.51. The molecular weight excluding hydrogens is 863 g/mol. The van der Waals surface area contributed by atoms with Crippen molar-refractivity contribution >= 4 is 43.3 Å². The van der Waals surface area contributed by atoms with Gasteiger partial charge in [-0.05, 0) is 25.7 Å².